The van der Waals surface area contributed by atoms with Crippen molar-refractivity contribution < 1.29 is 19.4 Å². The second-order valence-corrected chi connectivity index (χ2v) is 8.51. The van der Waals surface area contributed by atoms with Crippen molar-refractivity contribution in [2.45, 2.75) is 25.3 Å². The lowest BCUT2D eigenvalue weighted by atomic mass is 9.96. The maximum atomic E-state index is 13.0. The van der Waals surface area contributed by atoms with Crippen molar-refractivity contribution in [2.24, 2.45) is 5.10 Å². The van der Waals surface area contributed by atoms with E-state index >= 15 is 0 Å². The monoisotopic (exact) mass is 480 g/mol. The normalized spacial score (nSPS) is 15.1. The number of carbonyl (C=O) groups excluding carboxylic acids is 1. The topological polar surface area (TPSA) is 105 Å². The lowest BCUT2D eigenvalue weighted by Gasteiger charge is -2.22. The number of aliphatic carboxylic acids is 1. The van der Waals surface area contributed by atoms with Crippen LogP contribution >= 0.6 is 0 Å². The zero-order valence-electron chi connectivity index (χ0n) is 19.7. The number of ether oxygens (including phenoxy) is 1. The Morgan fingerprint density at radius 3 is 2.42 bits per heavy atom. The molecule has 0 bridgehead atoms. The molecule has 1 N–H and O–H groups in total. The maximum Gasteiger partial charge on any atom is 0.303 e. The molecule has 0 radical (unpaired) electrons. The van der Waals surface area contributed by atoms with Gasteiger partial charge in [-0.05, 0) is 46.5 Å². The van der Waals surface area contributed by atoms with E-state index in [1.165, 1.54) is 5.01 Å². The minimum atomic E-state index is -1.02. The van der Waals surface area contributed by atoms with E-state index in [9.17, 15) is 9.59 Å². The molecule has 1 aliphatic rings. The van der Waals surface area contributed by atoms with Crippen LogP contribution in [0.4, 0.5) is 0 Å². The van der Waals surface area contributed by atoms with Gasteiger partial charge in [-0.3, -0.25) is 19.6 Å². The number of carboxylic acid groups (broad SMARTS) is 1. The summed E-state index contributed by atoms with van der Waals surface area (Å²) in [6.45, 7) is 0. The largest absolute Gasteiger partial charge is 0.497 e. The fourth-order valence-corrected chi connectivity index (χ4v) is 4.35. The van der Waals surface area contributed by atoms with E-state index in [0.29, 0.717) is 6.42 Å². The average Bonchev–Trinajstić information content (AvgIpc) is 3.37. The van der Waals surface area contributed by atoms with E-state index in [2.05, 4.69) is 15.1 Å². The Morgan fingerprint density at radius 1 is 0.917 bits per heavy atom. The van der Waals surface area contributed by atoms with Gasteiger partial charge in [0, 0.05) is 25.2 Å². The highest BCUT2D eigenvalue weighted by atomic mass is 16.5. The molecule has 0 saturated carbocycles. The molecule has 4 aromatic rings. The molecule has 180 valence electrons. The summed E-state index contributed by atoms with van der Waals surface area (Å²) < 4.78 is 5.33. The van der Waals surface area contributed by atoms with Gasteiger partial charge in [0.05, 0.1) is 36.3 Å². The van der Waals surface area contributed by atoms with Gasteiger partial charge in [-0.2, -0.15) is 5.10 Å². The fourth-order valence-electron chi connectivity index (χ4n) is 4.35. The molecule has 8 heteroatoms. The third kappa shape index (κ3) is 4.79. The highest BCUT2D eigenvalue weighted by molar-refractivity contribution is 6.03. The van der Waals surface area contributed by atoms with Crippen LogP contribution in [0.1, 0.15) is 36.4 Å². The van der Waals surface area contributed by atoms with Crippen LogP contribution in [0.3, 0.4) is 0 Å². The SMILES string of the molecule is COc1cccc(-c2ccc(C3=NN(C(=O)CCC(=O)O)C(c4ccc5nccnc5c4)C3)cc2)c1. The van der Waals surface area contributed by atoms with Gasteiger partial charge < -0.3 is 9.84 Å². The van der Waals surface area contributed by atoms with Gasteiger partial charge in [0.15, 0.2) is 0 Å². The molecule has 0 fully saturated rings. The predicted octanol–water partition coefficient (Wildman–Crippen LogP) is 4.85. The number of methoxy groups -OCH3 is 1. The number of nitrogens with zero attached hydrogens (tertiary/aromatic N) is 4. The fraction of sp³-hybridized carbons (Fsp3) is 0.179. The Bertz CT molecular complexity index is 1470. The summed E-state index contributed by atoms with van der Waals surface area (Å²) in [5.74, 6) is -0.558. The van der Waals surface area contributed by atoms with Crippen molar-refractivity contribution in [1.29, 1.82) is 0 Å². The standard InChI is InChI=1S/C28H24N4O4/c1-36-22-4-2-3-20(15-22)18-5-7-19(8-6-18)24-17-26(32(31-24)27(33)11-12-28(34)35)21-9-10-23-25(16-21)30-14-13-29-23/h2-10,13-16,26H,11-12,17H2,1H3,(H,34,35). The molecular weight excluding hydrogens is 456 g/mol. The van der Waals surface area contributed by atoms with E-state index in [0.717, 1.165) is 44.7 Å². The van der Waals surface area contributed by atoms with Crippen LogP contribution in [0.25, 0.3) is 22.2 Å². The first-order valence-electron chi connectivity index (χ1n) is 11.6. The number of hydrazone groups is 1. The number of rotatable bonds is 7. The van der Waals surface area contributed by atoms with Crippen molar-refractivity contribution in [1.82, 2.24) is 15.0 Å². The minimum Gasteiger partial charge on any atom is -0.497 e. The van der Waals surface area contributed by atoms with Crippen molar-refractivity contribution in [3.8, 4) is 16.9 Å². The number of aromatic nitrogens is 2. The molecule has 1 unspecified atom stereocenters. The molecule has 8 nitrogen and oxygen atoms in total. The molecule has 36 heavy (non-hydrogen) atoms. The molecule has 1 aromatic heterocycles. The average molecular weight is 481 g/mol. The Hall–Kier alpha value is -4.59. The quantitative estimate of drug-likeness (QED) is 0.406. The third-order valence-corrected chi connectivity index (χ3v) is 6.22. The van der Waals surface area contributed by atoms with Gasteiger partial charge >= 0.3 is 5.97 Å². The Labute approximate surface area is 207 Å². The van der Waals surface area contributed by atoms with Crippen LogP contribution in [0.2, 0.25) is 0 Å². The van der Waals surface area contributed by atoms with Crippen LogP contribution < -0.4 is 4.74 Å². The van der Waals surface area contributed by atoms with E-state index in [-0.39, 0.29) is 24.8 Å². The Morgan fingerprint density at radius 2 is 1.67 bits per heavy atom. The van der Waals surface area contributed by atoms with Crippen molar-refractivity contribution in [3.63, 3.8) is 0 Å². The summed E-state index contributed by atoms with van der Waals surface area (Å²) in [6.07, 6.45) is 3.40. The number of amides is 1. The molecule has 1 aliphatic heterocycles. The lowest BCUT2D eigenvalue weighted by molar-refractivity contribution is -0.141. The van der Waals surface area contributed by atoms with E-state index < -0.39 is 5.97 Å². The zero-order valence-corrected chi connectivity index (χ0v) is 19.7. The summed E-state index contributed by atoms with van der Waals surface area (Å²) in [4.78, 5) is 32.7. The van der Waals surface area contributed by atoms with Gasteiger partial charge in [0.1, 0.15) is 5.75 Å². The number of hydrogen-bond donors (Lipinski definition) is 1. The first kappa shape index (κ1) is 23.2. The van der Waals surface area contributed by atoms with Gasteiger partial charge in [0.25, 0.3) is 0 Å². The predicted molar refractivity (Wildman–Crippen MR) is 136 cm³/mol. The highest BCUT2D eigenvalue weighted by Crippen LogP contribution is 2.35. The second kappa shape index (κ2) is 9.95. The number of hydrogen-bond acceptors (Lipinski definition) is 6. The van der Waals surface area contributed by atoms with Gasteiger partial charge in [0.2, 0.25) is 5.91 Å². The van der Waals surface area contributed by atoms with Crippen LogP contribution in [-0.4, -0.2) is 44.8 Å². The lowest BCUT2D eigenvalue weighted by Crippen LogP contribution is -2.27. The van der Waals surface area contributed by atoms with Crippen LogP contribution in [0, 0.1) is 0 Å². The number of fused-ring (bicyclic) bond motifs is 1. The number of benzene rings is 3. The molecule has 2 heterocycles. The maximum absolute atomic E-state index is 13.0. The third-order valence-electron chi connectivity index (χ3n) is 6.22. The molecule has 1 amide bonds. The van der Waals surface area contributed by atoms with Crippen LogP contribution in [-0.2, 0) is 9.59 Å². The van der Waals surface area contributed by atoms with Gasteiger partial charge in [-0.25, -0.2) is 5.01 Å². The summed E-state index contributed by atoms with van der Waals surface area (Å²) >= 11 is 0. The molecule has 0 aliphatic carbocycles. The van der Waals surface area contributed by atoms with Crippen LogP contribution in [0.5, 0.6) is 5.75 Å². The van der Waals surface area contributed by atoms with E-state index in [4.69, 9.17) is 9.84 Å². The summed E-state index contributed by atoms with van der Waals surface area (Å²) in [5.41, 5.74) is 6.10. The Balaban J connectivity index is 1.45. The molecule has 5 rings (SSSR count). The highest BCUT2D eigenvalue weighted by Gasteiger charge is 2.33. The number of carbonyl (C=O) groups is 2. The molecule has 1 atom stereocenters. The first-order valence-corrected chi connectivity index (χ1v) is 11.6. The molecule has 0 saturated heterocycles. The van der Waals surface area contributed by atoms with E-state index in [1.54, 1.807) is 19.5 Å². The van der Waals surface area contributed by atoms with Gasteiger partial charge in [-0.15, -0.1) is 0 Å². The van der Waals surface area contributed by atoms with Crippen molar-refractivity contribution in [3.05, 3.63) is 90.3 Å². The summed E-state index contributed by atoms with van der Waals surface area (Å²) in [6, 6.07) is 21.2. The smallest absolute Gasteiger partial charge is 0.303 e. The minimum absolute atomic E-state index is 0.120. The summed E-state index contributed by atoms with van der Waals surface area (Å²) in [7, 11) is 1.64. The molecular formula is C28H24N4O4. The summed E-state index contributed by atoms with van der Waals surface area (Å²) in [5, 5.41) is 15.1. The van der Waals surface area contributed by atoms with Crippen LogP contribution in [0.15, 0.2) is 84.2 Å². The van der Waals surface area contributed by atoms with E-state index in [1.807, 2.05) is 66.7 Å². The molecule has 3 aromatic carbocycles. The Kier molecular flexibility index (Phi) is 6.40. The van der Waals surface area contributed by atoms with Gasteiger partial charge in [-0.1, -0.05) is 42.5 Å². The number of carboxylic acids is 1. The second-order valence-electron chi connectivity index (χ2n) is 8.51. The van der Waals surface area contributed by atoms with Crippen molar-refractivity contribution >= 4 is 28.6 Å². The molecule has 0 spiro atoms. The van der Waals surface area contributed by atoms with Crippen molar-refractivity contribution in [2.75, 3.05) is 7.11 Å². The first-order chi connectivity index (χ1) is 17.5. The zero-order chi connectivity index (χ0) is 25.1.